The van der Waals surface area contributed by atoms with Crippen LogP contribution in [0.4, 0.5) is 5.69 Å². The fourth-order valence-electron chi connectivity index (χ4n) is 3.56. The van der Waals surface area contributed by atoms with Gasteiger partial charge in [0.05, 0.1) is 28.4 Å². The predicted octanol–water partition coefficient (Wildman–Crippen LogP) is 5.01. The number of halogens is 2. The number of fused-ring (bicyclic) bond motifs is 3. The SMILES string of the molecule is COc1ccc(C(=O)Nc2c(Cl)cncc2Cl)c2c3c([nH]c12)CCCC3. The van der Waals surface area contributed by atoms with Crippen molar-refractivity contribution in [2.45, 2.75) is 25.7 Å². The summed E-state index contributed by atoms with van der Waals surface area (Å²) in [7, 11) is 1.63. The van der Waals surface area contributed by atoms with E-state index < -0.39 is 0 Å². The predicted molar refractivity (Wildman–Crippen MR) is 104 cm³/mol. The largest absolute Gasteiger partial charge is 0.495 e. The maximum absolute atomic E-state index is 13.0. The van der Waals surface area contributed by atoms with Crippen LogP contribution in [0, 0.1) is 0 Å². The molecule has 0 saturated carbocycles. The van der Waals surface area contributed by atoms with E-state index in [1.54, 1.807) is 19.2 Å². The summed E-state index contributed by atoms with van der Waals surface area (Å²) in [6, 6.07) is 3.58. The van der Waals surface area contributed by atoms with Crippen molar-refractivity contribution in [2.24, 2.45) is 0 Å². The van der Waals surface area contributed by atoms with Gasteiger partial charge in [0.1, 0.15) is 5.75 Å². The first-order valence-corrected chi connectivity index (χ1v) is 9.16. The summed E-state index contributed by atoms with van der Waals surface area (Å²) in [6.45, 7) is 0. The summed E-state index contributed by atoms with van der Waals surface area (Å²) >= 11 is 12.3. The molecule has 2 N–H and O–H groups in total. The summed E-state index contributed by atoms with van der Waals surface area (Å²) in [4.78, 5) is 20.4. The van der Waals surface area contributed by atoms with Crippen LogP contribution in [0.5, 0.6) is 5.75 Å². The lowest BCUT2D eigenvalue weighted by atomic mass is 9.93. The van der Waals surface area contributed by atoms with Crippen molar-refractivity contribution >= 4 is 45.7 Å². The van der Waals surface area contributed by atoms with Gasteiger partial charge in [0, 0.05) is 29.0 Å². The number of hydrogen-bond donors (Lipinski definition) is 2. The van der Waals surface area contributed by atoms with Gasteiger partial charge in [0.2, 0.25) is 0 Å². The highest BCUT2D eigenvalue weighted by molar-refractivity contribution is 6.39. The number of hydrogen-bond acceptors (Lipinski definition) is 3. The standard InChI is InChI=1S/C19H17Cl2N3O2/c1-26-15-7-6-11(16-10-4-2-3-5-14(10)23-18(15)16)19(25)24-17-12(20)8-22-9-13(17)21/h6-9,23H,2-5H2,1H3,(H,22,24,25). The lowest BCUT2D eigenvalue weighted by Gasteiger charge is -2.13. The van der Waals surface area contributed by atoms with Crippen LogP contribution >= 0.6 is 23.2 Å². The number of carbonyl (C=O) groups is 1. The van der Waals surface area contributed by atoms with E-state index in [-0.39, 0.29) is 5.91 Å². The molecule has 134 valence electrons. The van der Waals surface area contributed by atoms with Gasteiger partial charge < -0.3 is 15.0 Å². The molecule has 1 aliphatic carbocycles. The number of anilines is 1. The minimum Gasteiger partial charge on any atom is -0.495 e. The first kappa shape index (κ1) is 17.2. The molecule has 0 unspecified atom stereocenters. The fraction of sp³-hybridized carbons (Fsp3) is 0.263. The van der Waals surface area contributed by atoms with Gasteiger partial charge in [-0.25, -0.2) is 0 Å². The van der Waals surface area contributed by atoms with Gasteiger partial charge in [-0.2, -0.15) is 0 Å². The summed E-state index contributed by atoms with van der Waals surface area (Å²) in [6.07, 6.45) is 7.08. The van der Waals surface area contributed by atoms with E-state index in [9.17, 15) is 4.79 Å². The highest BCUT2D eigenvalue weighted by atomic mass is 35.5. The first-order valence-electron chi connectivity index (χ1n) is 8.41. The average Bonchev–Trinajstić information content (AvgIpc) is 3.03. The molecule has 0 bridgehead atoms. The van der Waals surface area contributed by atoms with Crippen molar-refractivity contribution in [1.29, 1.82) is 0 Å². The molecular formula is C19H17Cl2N3O2. The van der Waals surface area contributed by atoms with Gasteiger partial charge in [0.25, 0.3) is 5.91 Å². The van der Waals surface area contributed by atoms with Crippen LogP contribution in [-0.4, -0.2) is 23.0 Å². The van der Waals surface area contributed by atoms with Crippen LogP contribution in [0.3, 0.4) is 0 Å². The Morgan fingerprint density at radius 2 is 1.92 bits per heavy atom. The number of pyridine rings is 1. The number of benzene rings is 1. The Morgan fingerprint density at radius 3 is 2.65 bits per heavy atom. The summed E-state index contributed by atoms with van der Waals surface area (Å²) in [5.41, 5.74) is 4.18. The number of ether oxygens (including phenoxy) is 1. The van der Waals surface area contributed by atoms with Crippen LogP contribution in [0.1, 0.15) is 34.5 Å². The fourth-order valence-corrected chi connectivity index (χ4v) is 4.02. The molecule has 0 fully saturated rings. The molecule has 1 aromatic carbocycles. The molecule has 4 rings (SSSR count). The second-order valence-corrected chi connectivity index (χ2v) is 7.10. The molecule has 26 heavy (non-hydrogen) atoms. The van der Waals surface area contributed by atoms with Gasteiger partial charge >= 0.3 is 0 Å². The number of carbonyl (C=O) groups excluding carboxylic acids is 1. The van der Waals surface area contributed by atoms with Crippen LogP contribution in [0.15, 0.2) is 24.5 Å². The Bertz CT molecular complexity index is 993. The lowest BCUT2D eigenvalue weighted by Crippen LogP contribution is -2.14. The molecule has 1 aliphatic rings. The van der Waals surface area contributed by atoms with E-state index in [2.05, 4.69) is 15.3 Å². The van der Waals surface area contributed by atoms with Crippen molar-refractivity contribution in [3.8, 4) is 5.75 Å². The third-order valence-electron chi connectivity index (χ3n) is 4.77. The van der Waals surface area contributed by atoms with E-state index in [0.29, 0.717) is 21.3 Å². The third-order valence-corrected chi connectivity index (χ3v) is 5.34. The van der Waals surface area contributed by atoms with Crippen LogP contribution in [0.2, 0.25) is 10.0 Å². The Morgan fingerprint density at radius 1 is 1.19 bits per heavy atom. The Labute approximate surface area is 160 Å². The van der Waals surface area contributed by atoms with Crippen LogP contribution in [-0.2, 0) is 12.8 Å². The van der Waals surface area contributed by atoms with Crippen molar-refractivity contribution < 1.29 is 9.53 Å². The number of amides is 1. The molecular weight excluding hydrogens is 373 g/mol. The van der Waals surface area contributed by atoms with Crippen molar-refractivity contribution in [1.82, 2.24) is 9.97 Å². The third kappa shape index (κ3) is 2.81. The Hall–Kier alpha value is -2.24. The molecule has 3 aromatic rings. The Kier molecular flexibility index (Phi) is 4.51. The van der Waals surface area contributed by atoms with Gasteiger partial charge in [-0.3, -0.25) is 9.78 Å². The monoisotopic (exact) mass is 389 g/mol. The van der Waals surface area contributed by atoms with Gasteiger partial charge in [-0.05, 0) is 43.4 Å². The number of methoxy groups -OCH3 is 1. The molecule has 1 amide bonds. The normalized spacial score (nSPS) is 13.5. The van der Waals surface area contributed by atoms with E-state index in [4.69, 9.17) is 27.9 Å². The van der Waals surface area contributed by atoms with E-state index in [1.165, 1.54) is 23.7 Å². The molecule has 0 saturated heterocycles. The van der Waals surface area contributed by atoms with Gasteiger partial charge in [0.15, 0.2) is 0 Å². The van der Waals surface area contributed by atoms with Gasteiger partial charge in [-0.1, -0.05) is 23.2 Å². The molecule has 0 spiro atoms. The molecule has 0 aliphatic heterocycles. The number of rotatable bonds is 3. The zero-order chi connectivity index (χ0) is 18.3. The van der Waals surface area contributed by atoms with Crippen molar-refractivity contribution in [3.05, 3.63) is 51.4 Å². The van der Waals surface area contributed by atoms with Crippen molar-refractivity contribution in [2.75, 3.05) is 12.4 Å². The second kappa shape index (κ2) is 6.82. The average molecular weight is 390 g/mol. The smallest absolute Gasteiger partial charge is 0.256 e. The van der Waals surface area contributed by atoms with E-state index in [1.807, 2.05) is 0 Å². The van der Waals surface area contributed by atoms with E-state index >= 15 is 0 Å². The van der Waals surface area contributed by atoms with Gasteiger partial charge in [-0.15, -0.1) is 0 Å². The number of H-pyrrole nitrogens is 1. The number of nitrogens with zero attached hydrogens (tertiary/aromatic N) is 1. The maximum atomic E-state index is 13.0. The number of nitrogens with one attached hydrogen (secondary N) is 2. The summed E-state index contributed by atoms with van der Waals surface area (Å²) < 4.78 is 5.48. The minimum atomic E-state index is -0.264. The molecule has 0 atom stereocenters. The highest BCUT2D eigenvalue weighted by Gasteiger charge is 2.23. The topological polar surface area (TPSA) is 67.0 Å². The minimum absolute atomic E-state index is 0.264. The Balaban J connectivity index is 1.83. The molecule has 2 aromatic heterocycles. The number of aryl methyl sites for hydroxylation is 2. The quantitative estimate of drug-likeness (QED) is 0.661. The first-order chi connectivity index (χ1) is 12.6. The van der Waals surface area contributed by atoms with Crippen LogP contribution < -0.4 is 10.1 Å². The molecule has 7 heteroatoms. The highest BCUT2D eigenvalue weighted by Crippen LogP contribution is 2.37. The summed E-state index contributed by atoms with van der Waals surface area (Å²) in [5.74, 6) is 0.464. The lowest BCUT2D eigenvalue weighted by molar-refractivity contribution is 0.102. The second-order valence-electron chi connectivity index (χ2n) is 6.29. The maximum Gasteiger partial charge on any atom is 0.256 e. The molecule has 0 radical (unpaired) electrons. The molecule has 5 nitrogen and oxygen atoms in total. The zero-order valence-electron chi connectivity index (χ0n) is 14.2. The number of aromatic amines is 1. The zero-order valence-corrected chi connectivity index (χ0v) is 15.7. The van der Waals surface area contributed by atoms with E-state index in [0.717, 1.165) is 42.3 Å². The van der Waals surface area contributed by atoms with Crippen LogP contribution in [0.25, 0.3) is 10.9 Å². The number of aromatic nitrogens is 2. The van der Waals surface area contributed by atoms with Crippen molar-refractivity contribution in [3.63, 3.8) is 0 Å². The molecule has 2 heterocycles. The summed E-state index contributed by atoms with van der Waals surface area (Å²) in [5, 5.41) is 4.33.